The van der Waals surface area contributed by atoms with Crippen LogP contribution in [-0.2, 0) is 19.1 Å². The molecule has 1 aliphatic heterocycles. The lowest BCUT2D eigenvalue weighted by Gasteiger charge is -2.25. The van der Waals surface area contributed by atoms with Gasteiger partial charge < -0.3 is 15.0 Å². The highest BCUT2D eigenvalue weighted by Crippen LogP contribution is 2.39. The summed E-state index contributed by atoms with van der Waals surface area (Å²) in [5.41, 5.74) is 0.866. The molecule has 2 rings (SSSR count). The maximum atomic E-state index is 13.5. The molecule has 148 valence electrons. The van der Waals surface area contributed by atoms with Gasteiger partial charge in [-0.05, 0) is 52.9 Å². The molecule has 1 saturated heterocycles. The Labute approximate surface area is 170 Å². The molecule has 6 nitrogen and oxygen atoms in total. The average Bonchev–Trinajstić information content (AvgIpc) is 2.99. The lowest BCUT2D eigenvalue weighted by atomic mass is 10.1. The van der Waals surface area contributed by atoms with E-state index in [0.29, 0.717) is 36.0 Å². The molecule has 0 aromatic heterocycles. The number of hydrogen-bond donors (Lipinski definition) is 1. The monoisotopic (exact) mass is 460 g/mol. The molecular weight excluding hydrogens is 439 g/mol. The standard InChI is InChI=1S/C18H22BrFN2O4S/c1-11(23)21-15(18(25)26-2)5-3-4-8-22-16(24)10-27-17(22)12-6-7-14(20)13(19)9-12/h6-7,9,15,17H,3-5,8,10H2,1-2H3,(H,21,23). The molecule has 2 unspecified atom stereocenters. The van der Waals surface area contributed by atoms with Gasteiger partial charge in [0.25, 0.3) is 0 Å². The fourth-order valence-corrected chi connectivity index (χ4v) is 4.51. The number of halogens is 2. The van der Waals surface area contributed by atoms with E-state index in [4.69, 9.17) is 4.74 Å². The van der Waals surface area contributed by atoms with E-state index in [1.807, 2.05) is 0 Å². The van der Waals surface area contributed by atoms with Crippen LogP contribution in [0.15, 0.2) is 22.7 Å². The molecule has 1 aromatic carbocycles. The summed E-state index contributed by atoms with van der Waals surface area (Å²) in [5.74, 6) is -0.690. The number of carbonyl (C=O) groups excluding carboxylic acids is 3. The number of nitrogens with zero attached hydrogens (tertiary/aromatic N) is 1. The number of esters is 1. The van der Waals surface area contributed by atoms with Gasteiger partial charge in [0.1, 0.15) is 17.2 Å². The van der Waals surface area contributed by atoms with E-state index in [1.165, 1.54) is 31.9 Å². The SMILES string of the molecule is COC(=O)C(CCCCN1C(=O)CSC1c1ccc(F)c(Br)c1)NC(C)=O. The maximum absolute atomic E-state index is 13.5. The van der Waals surface area contributed by atoms with Gasteiger partial charge in [0, 0.05) is 13.5 Å². The van der Waals surface area contributed by atoms with E-state index >= 15 is 0 Å². The highest BCUT2D eigenvalue weighted by atomic mass is 79.9. The second kappa shape index (κ2) is 10.1. The van der Waals surface area contributed by atoms with Crippen LogP contribution >= 0.6 is 27.7 Å². The molecular formula is C18H22BrFN2O4S. The third-order valence-electron chi connectivity index (χ3n) is 4.20. The molecule has 1 aliphatic rings. The molecule has 9 heteroatoms. The third kappa shape index (κ3) is 5.93. The number of hydrogen-bond acceptors (Lipinski definition) is 5. The fraction of sp³-hybridized carbons (Fsp3) is 0.500. The van der Waals surface area contributed by atoms with Gasteiger partial charge in [0.05, 0.1) is 17.3 Å². The largest absolute Gasteiger partial charge is 0.467 e. The van der Waals surface area contributed by atoms with E-state index in [9.17, 15) is 18.8 Å². The van der Waals surface area contributed by atoms with Crippen molar-refractivity contribution >= 4 is 45.5 Å². The highest BCUT2D eigenvalue weighted by molar-refractivity contribution is 9.10. The topological polar surface area (TPSA) is 75.7 Å². The summed E-state index contributed by atoms with van der Waals surface area (Å²) in [4.78, 5) is 36.9. The van der Waals surface area contributed by atoms with Crippen molar-refractivity contribution in [3.8, 4) is 0 Å². The van der Waals surface area contributed by atoms with Crippen molar-refractivity contribution in [3.63, 3.8) is 0 Å². The van der Waals surface area contributed by atoms with Crippen LogP contribution in [0.2, 0.25) is 0 Å². The predicted octanol–water partition coefficient (Wildman–Crippen LogP) is 3.01. The van der Waals surface area contributed by atoms with E-state index in [1.54, 1.807) is 17.0 Å². The summed E-state index contributed by atoms with van der Waals surface area (Å²) in [7, 11) is 1.28. The summed E-state index contributed by atoms with van der Waals surface area (Å²) in [5, 5.41) is 2.42. The lowest BCUT2D eigenvalue weighted by Crippen LogP contribution is -2.40. The molecule has 1 aromatic rings. The molecule has 2 atom stereocenters. The number of thioether (sulfide) groups is 1. The van der Waals surface area contributed by atoms with E-state index in [-0.39, 0.29) is 23.0 Å². The summed E-state index contributed by atoms with van der Waals surface area (Å²) >= 11 is 4.69. The average molecular weight is 461 g/mol. The van der Waals surface area contributed by atoms with Crippen LogP contribution < -0.4 is 5.32 Å². The van der Waals surface area contributed by atoms with Crippen LogP contribution in [0.4, 0.5) is 4.39 Å². The van der Waals surface area contributed by atoms with Crippen LogP contribution in [-0.4, -0.2) is 48.1 Å². The number of ether oxygens (including phenoxy) is 1. The molecule has 0 radical (unpaired) electrons. The summed E-state index contributed by atoms with van der Waals surface area (Å²) in [6.45, 7) is 1.88. The molecule has 27 heavy (non-hydrogen) atoms. The normalized spacial score (nSPS) is 17.7. The summed E-state index contributed by atoms with van der Waals surface area (Å²) in [6.07, 6.45) is 1.76. The molecule has 2 amide bonds. The maximum Gasteiger partial charge on any atom is 0.328 e. The highest BCUT2D eigenvalue weighted by Gasteiger charge is 2.32. The molecule has 1 heterocycles. The van der Waals surface area contributed by atoms with Crippen molar-refractivity contribution in [1.29, 1.82) is 0 Å². The van der Waals surface area contributed by atoms with Crippen molar-refractivity contribution in [3.05, 3.63) is 34.1 Å². The second-order valence-corrected chi connectivity index (χ2v) is 8.12. The third-order valence-corrected chi connectivity index (χ3v) is 6.07. The molecule has 0 saturated carbocycles. The van der Waals surface area contributed by atoms with Crippen molar-refractivity contribution in [2.24, 2.45) is 0 Å². The quantitative estimate of drug-likeness (QED) is 0.476. The smallest absolute Gasteiger partial charge is 0.328 e. The Morgan fingerprint density at radius 3 is 2.81 bits per heavy atom. The zero-order valence-electron chi connectivity index (χ0n) is 15.2. The van der Waals surface area contributed by atoms with Crippen molar-refractivity contribution in [2.45, 2.75) is 37.6 Å². The van der Waals surface area contributed by atoms with Crippen LogP contribution in [0.3, 0.4) is 0 Å². The van der Waals surface area contributed by atoms with Crippen LogP contribution in [0, 0.1) is 5.82 Å². The van der Waals surface area contributed by atoms with Gasteiger partial charge in [-0.3, -0.25) is 9.59 Å². The van der Waals surface area contributed by atoms with Gasteiger partial charge in [-0.25, -0.2) is 9.18 Å². The first-order chi connectivity index (χ1) is 12.8. The number of rotatable bonds is 8. The molecule has 1 fully saturated rings. The Hall–Kier alpha value is -1.61. The van der Waals surface area contributed by atoms with Gasteiger partial charge in [0.15, 0.2) is 0 Å². The molecule has 1 N–H and O–H groups in total. The summed E-state index contributed by atoms with van der Waals surface area (Å²) < 4.78 is 18.5. The minimum Gasteiger partial charge on any atom is -0.467 e. The van der Waals surface area contributed by atoms with Crippen LogP contribution in [0.5, 0.6) is 0 Å². The first kappa shape index (κ1) is 21.7. The van der Waals surface area contributed by atoms with E-state index in [0.717, 1.165) is 5.56 Å². The molecule has 0 spiro atoms. The van der Waals surface area contributed by atoms with E-state index in [2.05, 4.69) is 21.2 Å². The Bertz CT molecular complexity index is 719. The second-order valence-electron chi connectivity index (χ2n) is 6.20. The Morgan fingerprint density at radius 1 is 1.44 bits per heavy atom. The van der Waals surface area contributed by atoms with Gasteiger partial charge in [-0.1, -0.05) is 6.07 Å². The van der Waals surface area contributed by atoms with Crippen molar-refractivity contribution < 1.29 is 23.5 Å². The first-order valence-electron chi connectivity index (χ1n) is 8.54. The zero-order valence-corrected chi connectivity index (χ0v) is 17.6. The van der Waals surface area contributed by atoms with Crippen molar-refractivity contribution in [1.82, 2.24) is 10.2 Å². The lowest BCUT2D eigenvalue weighted by molar-refractivity contribution is -0.145. The van der Waals surface area contributed by atoms with Gasteiger partial charge >= 0.3 is 5.97 Å². The number of carbonyl (C=O) groups is 3. The minimum atomic E-state index is -0.681. The zero-order chi connectivity index (χ0) is 20.0. The minimum absolute atomic E-state index is 0.0387. The summed E-state index contributed by atoms with van der Waals surface area (Å²) in [6, 6.07) is 4.09. The first-order valence-corrected chi connectivity index (χ1v) is 10.4. The Kier molecular flexibility index (Phi) is 8.09. The number of unbranched alkanes of at least 4 members (excludes halogenated alkanes) is 1. The number of nitrogens with one attached hydrogen (secondary N) is 1. The van der Waals surface area contributed by atoms with Gasteiger partial charge in [-0.15, -0.1) is 11.8 Å². The van der Waals surface area contributed by atoms with E-state index < -0.39 is 12.0 Å². The van der Waals surface area contributed by atoms with Gasteiger partial charge in [-0.2, -0.15) is 0 Å². The van der Waals surface area contributed by atoms with Crippen LogP contribution in [0.25, 0.3) is 0 Å². The number of methoxy groups -OCH3 is 1. The predicted molar refractivity (Wildman–Crippen MR) is 104 cm³/mol. The molecule has 0 bridgehead atoms. The number of benzene rings is 1. The fourth-order valence-electron chi connectivity index (χ4n) is 2.91. The Balaban J connectivity index is 1.92. The van der Waals surface area contributed by atoms with Crippen LogP contribution in [0.1, 0.15) is 37.1 Å². The van der Waals surface area contributed by atoms with Gasteiger partial charge in [0.2, 0.25) is 11.8 Å². The molecule has 0 aliphatic carbocycles. The number of amides is 2. The Morgan fingerprint density at radius 2 is 2.19 bits per heavy atom. The van der Waals surface area contributed by atoms with Crippen molar-refractivity contribution in [2.75, 3.05) is 19.4 Å².